The van der Waals surface area contributed by atoms with E-state index in [-0.39, 0.29) is 16.8 Å². The van der Waals surface area contributed by atoms with Crippen molar-refractivity contribution in [3.8, 4) is 0 Å². The van der Waals surface area contributed by atoms with E-state index in [1.165, 1.54) is 0 Å². The molecule has 8 heteroatoms. The van der Waals surface area contributed by atoms with Crippen LogP contribution in [0.4, 0.5) is 13.2 Å². The molecular formula is C15H18BrF3O4. The maximum atomic E-state index is 13.5. The lowest BCUT2D eigenvalue weighted by Crippen LogP contribution is -2.66. The van der Waals surface area contributed by atoms with Gasteiger partial charge < -0.3 is 9.47 Å². The van der Waals surface area contributed by atoms with Crippen LogP contribution in [0.25, 0.3) is 0 Å². The van der Waals surface area contributed by atoms with E-state index < -0.39 is 35.5 Å². The molecule has 5 rings (SSSR count). The molecule has 0 N–H and O–H groups in total. The Kier molecular flexibility index (Phi) is 3.58. The van der Waals surface area contributed by atoms with E-state index in [2.05, 4.69) is 15.9 Å². The number of rotatable bonds is 1. The van der Waals surface area contributed by atoms with Crippen molar-refractivity contribution in [2.75, 3.05) is 5.33 Å². The second-order valence-electron chi connectivity index (χ2n) is 6.93. The van der Waals surface area contributed by atoms with Gasteiger partial charge in [0, 0.05) is 17.7 Å². The summed E-state index contributed by atoms with van der Waals surface area (Å²) in [6.45, 7) is 1.69. The van der Waals surface area contributed by atoms with Gasteiger partial charge in [-0.05, 0) is 37.7 Å². The van der Waals surface area contributed by atoms with Crippen molar-refractivity contribution in [3.63, 3.8) is 0 Å². The van der Waals surface area contributed by atoms with Crippen LogP contribution in [0.15, 0.2) is 11.3 Å². The molecule has 5 atom stereocenters. The topological polar surface area (TPSA) is 36.9 Å². The van der Waals surface area contributed by atoms with Crippen LogP contribution in [0.1, 0.15) is 39.0 Å². The largest absolute Gasteiger partial charge is 0.456 e. The highest BCUT2D eigenvalue weighted by Crippen LogP contribution is 2.60. The minimum absolute atomic E-state index is 0.0689. The first kappa shape index (κ1) is 16.2. The summed E-state index contributed by atoms with van der Waals surface area (Å²) in [5.41, 5.74) is -0.775. The molecule has 0 amide bonds. The van der Waals surface area contributed by atoms with Crippen molar-refractivity contribution in [1.82, 2.24) is 0 Å². The van der Waals surface area contributed by atoms with E-state index in [1.807, 2.05) is 0 Å². The van der Waals surface area contributed by atoms with Crippen molar-refractivity contribution < 1.29 is 32.4 Å². The number of fused-ring (bicyclic) bond motifs is 2. The zero-order valence-electron chi connectivity index (χ0n) is 12.6. The summed E-state index contributed by atoms with van der Waals surface area (Å²) in [6.07, 6.45) is -1.89. The number of halogens is 4. The lowest BCUT2D eigenvalue weighted by atomic mass is 9.63. The van der Waals surface area contributed by atoms with Gasteiger partial charge in [0.15, 0.2) is 5.60 Å². The quantitative estimate of drug-likeness (QED) is 0.490. The Morgan fingerprint density at radius 1 is 1.22 bits per heavy atom. The van der Waals surface area contributed by atoms with Crippen LogP contribution in [-0.2, 0) is 19.2 Å². The van der Waals surface area contributed by atoms with E-state index in [0.717, 1.165) is 19.3 Å². The predicted octanol–water partition coefficient (Wildman–Crippen LogP) is 4.20. The van der Waals surface area contributed by atoms with Gasteiger partial charge in [-0.1, -0.05) is 22.4 Å². The average Bonchev–Trinajstić information content (AvgIpc) is 2.71. The average molecular weight is 399 g/mol. The molecule has 0 aromatic carbocycles. The normalized spacial score (nSPS) is 46.2. The monoisotopic (exact) mass is 398 g/mol. The first-order chi connectivity index (χ1) is 10.8. The third-order valence-electron chi connectivity index (χ3n) is 5.60. The van der Waals surface area contributed by atoms with E-state index >= 15 is 0 Å². The van der Waals surface area contributed by atoms with Crippen LogP contribution in [0.2, 0.25) is 0 Å². The zero-order valence-corrected chi connectivity index (χ0v) is 14.2. The molecule has 3 saturated heterocycles. The highest BCUT2D eigenvalue weighted by molar-refractivity contribution is 9.09. The molecule has 4 aliphatic heterocycles. The summed E-state index contributed by atoms with van der Waals surface area (Å²) in [5, 5.41) is 0.0916. The molecular weight excluding hydrogens is 381 g/mol. The zero-order chi connectivity index (χ0) is 16.5. The molecule has 1 spiro atoms. The molecule has 4 nitrogen and oxygen atoms in total. The highest BCUT2D eigenvalue weighted by Gasteiger charge is 2.68. The number of alkyl halides is 4. The first-order valence-electron chi connectivity index (χ1n) is 7.88. The number of hydrogen-bond donors (Lipinski definition) is 0. The maximum Gasteiger partial charge on any atom is 0.449 e. The summed E-state index contributed by atoms with van der Waals surface area (Å²) < 4.78 is 51.6. The highest BCUT2D eigenvalue weighted by atomic mass is 79.9. The Bertz CT molecular complexity index is 551. The molecule has 2 bridgehead atoms. The maximum absolute atomic E-state index is 13.5. The molecule has 1 aliphatic carbocycles. The summed E-state index contributed by atoms with van der Waals surface area (Å²) in [4.78, 5) is 11.3. The van der Waals surface area contributed by atoms with Gasteiger partial charge in [-0.15, -0.1) is 0 Å². The van der Waals surface area contributed by atoms with Crippen LogP contribution in [0, 0.1) is 11.8 Å². The fourth-order valence-electron chi connectivity index (χ4n) is 4.54. The van der Waals surface area contributed by atoms with Gasteiger partial charge in [0.2, 0.25) is 17.8 Å². The van der Waals surface area contributed by atoms with E-state index in [4.69, 9.17) is 19.2 Å². The van der Waals surface area contributed by atoms with Gasteiger partial charge in [-0.25, -0.2) is 9.78 Å². The fourth-order valence-corrected chi connectivity index (χ4v) is 5.18. The molecule has 23 heavy (non-hydrogen) atoms. The molecule has 130 valence electrons. The van der Waals surface area contributed by atoms with Crippen molar-refractivity contribution in [3.05, 3.63) is 11.3 Å². The number of ether oxygens (including phenoxy) is 2. The molecule has 0 radical (unpaired) electrons. The third-order valence-corrected chi connectivity index (χ3v) is 6.20. The second-order valence-corrected chi connectivity index (χ2v) is 7.49. The Morgan fingerprint density at radius 3 is 2.70 bits per heavy atom. The van der Waals surface area contributed by atoms with E-state index in [1.54, 1.807) is 6.92 Å². The summed E-state index contributed by atoms with van der Waals surface area (Å²) in [5.74, 6) is -2.34. The van der Waals surface area contributed by atoms with Gasteiger partial charge >= 0.3 is 6.18 Å². The Balaban J connectivity index is 1.87. The lowest BCUT2D eigenvalue weighted by Gasteiger charge is -2.56. The lowest BCUT2D eigenvalue weighted by molar-refractivity contribution is -0.556. The molecule has 5 aliphatic rings. The standard InChI is InChI=1S/C15H18BrF3O4/c1-13-6-5-8-3-2-4-10-9(7-16)11(15(17,18)19)20-12(21-13)14(8,10)23-22-13/h8,10,12H,2-7H2,1H3/t8?,10-,12+,13-,14+/m0/s1. The minimum atomic E-state index is -4.55. The Labute approximate surface area is 140 Å². The number of hydrogen-bond acceptors (Lipinski definition) is 4. The third kappa shape index (κ3) is 2.21. The van der Waals surface area contributed by atoms with Crippen LogP contribution >= 0.6 is 15.9 Å². The molecule has 4 heterocycles. The van der Waals surface area contributed by atoms with Crippen molar-refractivity contribution in [1.29, 1.82) is 0 Å². The molecule has 0 aromatic heterocycles. The van der Waals surface area contributed by atoms with Crippen LogP contribution in [0.3, 0.4) is 0 Å². The smallest absolute Gasteiger partial charge is 0.449 e. The van der Waals surface area contributed by atoms with Gasteiger partial charge in [0.05, 0.1) is 0 Å². The molecule has 0 aromatic rings. The Morgan fingerprint density at radius 2 is 2.00 bits per heavy atom. The van der Waals surface area contributed by atoms with E-state index in [9.17, 15) is 13.2 Å². The van der Waals surface area contributed by atoms with Gasteiger partial charge in [-0.2, -0.15) is 13.2 Å². The van der Waals surface area contributed by atoms with Crippen LogP contribution in [0.5, 0.6) is 0 Å². The molecule has 4 fully saturated rings. The summed E-state index contributed by atoms with van der Waals surface area (Å²) in [7, 11) is 0. The van der Waals surface area contributed by atoms with Gasteiger partial charge in [-0.3, -0.25) is 0 Å². The van der Waals surface area contributed by atoms with Crippen molar-refractivity contribution in [2.24, 2.45) is 11.8 Å². The molecule has 1 unspecified atom stereocenters. The Hall–Kier alpha value is -0.310. The first-order valence-corrected chi connectivity index (χ1v) is 9.00. The van der Waals surface area contributed by atoms with Crippen molar-refractivity contribution >= 4 is 15.9 Å². The number of allylic oxidation sites excluding steroid dienone is 1. The van der Waals surface area contributed by atoms with Gasteiger partial charge in [0.1, 0.15) is 0 Å². The molecule has 1 saturated carbocycles. The summed E-state index contributed by atoms with van der Waals surface area (Å²) >= 11 is 3.21. The van der Waals surface area contributed by atoms with Gasteiger partial charge in [0.25, 0.3) is 0 Å². The van der Waals surface area contributed by atoms with Crippen LogP contribution < -0.4 is 0 Å². The summed E-state index contributed by atoms with van der Waals surface area (Å²) in [6, 6.07) is 0. The van der Waals surface area contributed by atoms with Crippen LogP contribution in [-0.4, -0.2) is 29.2 Å². The predicted molar refractivity (Wildman–Crippen MR) is 76.2 cm³/mol. The van der Waals surface area contributed by atoms with Crippen molar-refractivity contribution in [2.45, 2.75) is 62.9 Å². The van der Waals surface area contributed by atoms with E-state index in [0.29, 0.717) is 12.8 Å². The SMILES string of the molecule is C[C@]12CCC3CCC[C@H]4C(CBr)=C(C(F)(F)F)O[C@H](O1)[C@@]34OO2. The minimum Gasteiger partial charge on any atom is -0.456 e. The second kappa shape index (κ2) is 5.09. The fraction of sp³-hybridized carbons (Fsp3) is 0.867.